The maximum absolute atomic E-state index is 13.4. The molecule has 0 unspecified atom stereocenters. The maximum Gasteiger partial charge on any atom is 0.311 e. The third-order valence-corrected chi connectivity index (χ3v) is 4.29. The summed E-state index contributed by atoms with van der Waals surface area (Å²) in [5, 5.41) is 11.0. The van der Waals surface area contributed by atoms with Gasteiger partial charge in [-0.1, -0.05) is 12.1 Å². The number of nitro benzene ring substituents is 1. The van der Waals surface area contributed by atoms with E-state index < -0.39 is 17.3 Å². The summed E-state index contributed by atoms with van der Waals surface area (Å²) >= 11 is 0. The number of halogens is 1. The van der Waals surface area contributed by atoms with Crippen molar-refractivity contribution in [2.45, 2.75) is 25.4 Å². The van der Waals surface area contributed by atoms with Crippen LogP contribution in [0.15, 0.2) is 42.5 Å². The number of benzene rings is 2. The molecule has 0 atom stereocenters. The van der Waals surface area contributed by atoms with Crippen molar-refractivity contribution < 1.29 is 23.6 Å². The predicted molar refractivity (Wildman–Crippen MR) is 95.1 cm³/mol. The molecule has 2 aromatic rings. The molecule has 0 bridgehead atoms. The van der Waals surface area contributed by atoms with Crippen molar-refractivity contribution in [2.75, 3.05) is 13.7 Å². The van der Waals surface area contributed by atoms with E-state index in [2.05, 4.69) is 0 Å². The Balaban J connectivity index is 1.67. The molecular formula is C19H19FN2O5. The fraction of sp³-hybridized carbons (Fsp3) is 0.316. The molecule has 0 radical (unpaired) electrons. The molecule has 0 aliphatic heterocycles. The number of nitro groups is 1. The van der Waals surface area contributed by atoms with Crippen LogP contribution in [0.5, 0.6) is 11.5 Å². The average Bonchev–Trinajstić information content (AvgIpc) is 3.49. The van der Waals surface area contributed by atoms with Gasteiger partial charge >= 0.3 is 5.69 Å². The Labute approximate surface area is 155 Å². The minimum Gasteiger partial charge on any atom is -0.497 e. The lowest BCUT2D eigenvalue weighted by Gasteiger charge is -2.22. The first-order valence-electron chi connectivity index (χ1n) is 8.47. The van der Waals surface area contributed by atoms with E-state index in [0.717, 1.165) is 42.4 Å². The summed E-state index contributed by atoms with van der Waals surface area (Å²) in [4.78, 5) is 24.6. The monoisotopic (exact) mass is 374 g/mol. The van der Waals surface area contributed by atoms with Gasteiger partial charge in [-0.15, -0.1) is 0 Å². The van der Waals surface area contributed by atoms with Gasteiger partial charge in [-0.05, 0) is 36.6 Å². The van der Waals surface area contributed by atoms with Crippen LogP contribution < -0.4 is 9.47 Å². The number of carbonyl (C=O) groups is 1. The van der Waals surface area contributed by atoms with Crippen LogP contribution in [0.4, 0.5) is 10.1 Å². The SMILES string of the molecule is COc1ccc(CN(C(=O)COc2cc(F)ccc2[N+](=O)[O-])C2CC2)cc1. The average molecular weight is 374 g/mol. The van der Waals surface area contributed by atoms with E-state index in [4.69, 9.17) is 9.47 Å². The molecule has 1 amide bonds. The number of methoxy groups -OCH3 is 1. The van der Waals surface area contributed by atoms with Crippen LogP contribution in [0.1, 0.15) is 18.4 Å². The predicted octanol–water partition coefficient (Wildman–Crippen LogP) is 3.31. The number of nitrogens with zero attached hydrogens (tertiary/aromatic N) is 2. The lowest BCUT2D eigenvalue weighted by molar-refractivity contribution is -0.385. The van der Waals surface area contributed by atoms with Crippen molar-refractivity contribution in [3.8, 4) is 11.5 Å². The van der Waals surface area contributed by atoms with Gasteiger partial charge in [0.1, 0.15) is 11.6 Å². The van der Waals surface area contributed by atoms with E-state index in [1.165, 1.54) is 0 Å². The smallest absolute Gasteiger partial charge is 0.311 e. The minimum atomic E-state index is -0.671. The molecular weight excluding hydrogens is 355 g/mol. The van der Waals surface area contributed by atoms with Gasteiger partial charge in [0.15, 0.2) is 6.61 Å². The van der Waals surface area contributed by atoms with Gasteiger partial charge in [0, 0.05) is 24.7 Å². The van der Waals surface area contributed by atoms with Crippen molar-refractivity contribution >= 4 is 11.6 Å². The van der Waals surface area contributed by atoms with E-state index in [9.17, 15) is 19.3 Å². The van der Waals surface area contributed by atoms with E-state index in [-0.39, 0.29) is 23.4 Å². The summed E-state index contributed by atoms with van der Waals surface area (Å²) in [6.45, 7) is 0.0129. The normalized spacial score (nSPS) is 13.1. The van der Waals surface area contributed by atoms with Crippen molar-refractivity contribution in [3.05, 3.63) is 64.0 Å². The minimum absolute atomic E-state index is 0.130. The lowest BCUT2D eigenvalue weighted by atomic mass is 10.2. The van der Waals surface area contributed by atoms with Gasteiger partial charge in [-0.25, -0.2) is 4.39 Å². The number of hydrogen-bond acceptors (Lipinski definition) is 5. The molecule has 3 rings (SSSR count). The molecule has 1 fully saturated rings. The zero-order valence-corrected chi connectivity index (χ0v) is 14.8. The summed E-state index contributed by atoms with van der Waals surface area (Å²) in [7, 11) is 1.58. The fourth-order valence-corrected chi connectivity index (χ4v) is 2.71. The molecule has 0 heterocycles. The standard InChI is InChI=1S/C19H19FN2O5/c1-26-16-7-2-13(3-8-16)11-21(15-5-6-15)19(23)12-27-18-10-14(20)4-9-17(18)22(24)25/h2-4,7-10,15H,5-6,11-12H2,1H3. The second kappa shape index (κ2) is 8.03. The first-order valence-corrected chi connectivity index (χ1v) is 8.47. The van der Waals surface area contributed by atoms with Crippen LogP contribution in [-0.2, 0) is 11.3 Å². The van der Waals surface area contributed by atoms with Gasteiger partial charge < -0.3 is 14.4 Å². The summed E-state index contributed by atoms with van der Waals surface area (Å²) < 4.78 is 23.8. The van der Waals surface area contributed by atoms with Gasteiger partial charge in [0.2, 0.25) is 5.75 Å². The van der Waals surface area contributed by atoms with Crippen LogP contribution in [0.25, 0.3) is 0 Å². The Morgan fingerprint density at radius 3 is 2.56 bits per heavy atom. The first kappa shape index (κ1) is 18.6. The molecule has 1 aliphatic carbocycles. The highest BCUT2D eigenvalue weighted by Gasteiger charge is 2.33. The van der Waals surface area contributed by atoms with Crippen molar-refractivity contribution in [3.63, 3.8) is 0 Å². The van der Waals surface area contributed by atoms with E-state index in [1.807, 2.05) is 24.3 Å². The third-order valence-electron chi connectivity index (χ3n) is 4.29. The molecule has 0 aromatic heterocycles. The summed E-state index contributed by atoms with van der Waals surface area (Å²) in [6.07, 6.45) is 1.81. The second-order valence-corrected chi connectivity index (χ2v) is 6.26. The number of ether oxygens (including phenoxy) is 2. The fourth-order valence-electron chi connectivity index (χ4n) is 2.71. The molecule has 1 aliphatic rings. The van der Waals surface area contributed by atoms with Crippen molar-refractivity contribution in [1.82, 2.24) is 4.90 Å². The molecule has 0 saturated heterocycles. The number of rotatable bonds is 8. The molecule has 27 heavy (non-hydrogen) atoms. The van der Waals surface area contributed by atoms with Gasteiger partial charge in [0.05, 0.1) is 12.0 Å². The molecule has 7 nitrogen and oxygen atoms in total. The Bertz CT molecular complexity index is 836. The van der Waals surface area contributed by atoms with Gasteiger partial charge in [-0.3, -0.25) is 14.9 Å². The zero-order valence-electron chi connectivity index (χ0n) is 14.8. The number of carbonyl (C=O) groups excluding carboxylic acids is 1. The molecule has 2 aromatic carbocycles. The molecule has 0 spiro atoms. The van der Waals surface area contributed by atoms with Crippen LogP contribution >= 0.6 is 0 Å². The van der Waals surface area contributed by atoms with Crippen LogP contribution in [0, 0.1) is 15.9 Å². The largest absolute Gasteiger partial charge is 0.497 e. The topological polar surface area (TPSA) is 81.9 Å². The van der Waals surface area contributed by atoms with Crippen molar-refractivity contribution in [2.24, 2.45) is 0 Å². The third kappa shape index (κ3) is 4.72. The van der Waals surface area contributed by atoms with Crippen LogP contribution in [0.3, 0.4) is 0 Å². The maximum atomic E-state index is 13.4. The van der Waals surface area contributed by atoms with Crippen LogP contribution in [0.2, 0.25) is 0 Å². The Kier molecular flexibility index (Phi) is 5.54. The Hall–Kier alpha value is -3.16. The van der Waals surface area contributed by atoms with E-state index in [1.54, 1.807) is 12.0 Å². The summed E-state index contributed by atoms with van der Waals surface area (Å²) in [5.41, 5.74) is 0.560. The summed E-state index contributed by atoms with van der Waals surface area (Å²) in [5.74, 6) is -0.495. The van der Waals surface area contributed by atoms with Crippen LogP contribution in [-0.4, -0.2) is 35.5 Å². The molecule has 1 saturated carbocycles. The van der Waals surface area contributed by atoms with Crippen molar-refractivity contribution in [1.29, 1.82) is 0 Å². The highest BCUT2D eigenvalue weighted by atomic mass is 19.1. The number of hydrogen-bond donors (Lipinski definition) is 0. The Morgan fingerprint density at radius 1 is 1.26 bits per heavy atom. The van der Waals surface area contributed by atoms with Gasteiger partial charge in [0.25, 0.3) is 5.91 Å². The lowest BCUT2D eigenvalue weighted by Crippen LogP contribution is -2.36. The molecule has 8 heteroatoms. The highest BCUT2D eigenvalue weighted by molar-refractivity contribution is 5.78. The zero-order chi connectivity index (χ0) is 19.4. The van der Waals surface area contributed by atoms with E-state index >= 15 is 0 Å². The van der Waals surface area contributed by atoms with E-state index in [0.29, 0.717) is 6.54 Å². The first-order chi connectivity index (χ1) is 13.0. The number of amides is 1. The van der Waals surface area contributed by atoms with Gasteiger partial charge in [-0.2, -0.15) is 0 Å². The Morgan fingerprint density at radius 2 is 1.96 bits per heavy atom. The highest BCUT2D eigenvalue weighted by Crippen LogP contribution is 2.30. The molecule has 0 N–H and O–H groups in total. The summed E-state index contributed by atoms with van der Waals surface area (Å²) in [6, 6.07) is 10.4. The molecule has 142 valence electrons. The second-order valence-electron chi connectivity index (χ2n) is 6.26. The quantitative estimate of drug-likeness (QED) is 0.523.